The fourth-order valence-electron chi connectivity index (χ4n) is 1.49. The van der Waals surface area contributed by atoms with Crippen LogP contribution in [0.3, 0.4) is 0 Å². The first-order chi connectivity index (χ1) is 8.06. The molecule has 0 bridgehead atoms. The number of hydrogen-bond donors (Lipinski definition) is 0. The van der Waals surface area contributed by atoms with Gasteiger partial charge in [0.05, 0.1) is 28.0 Å². The average molecular weight is 273 g/mol. The number of hydrogen-bond acceptors (Lipinski definition) is 4. The average Bonchev–Trinajstić information content (AvgIpc) is 2.30. The van der Waals surface area contributed by atoms with Gasteiger partial charge in [0.15, 0.2) is 0 Å². The second kappa shape index (κ2) is 4.35. The van der Waals surface area contributed by atoms with E-state index in [1.54, 1.807) is 12.1 Å². The van der Waals surface area contributed by atoms with Crippen LogP contribution in [-0.2, 0) is 0 Å². The first kappa shape index (κ1) is 11.9. The van der Waals surface area contributed by atoms with Crippen LogP contribution in [0.15, 0.2) is 18.3 Å². The van der Waals surface area contributed by atoms with E-state index in [0.29, 0.717) is 21.7 Å². The zero-order valence-corrected chi connectivity index (χ0v) is 10.1. The standard InChI is InChI=1S/C10H6Cl2N2O3/c1-17-7-3-2-5(11)10-8(7)9(12)6(4-13-10)14(15)16/h2-4H,1H3. The van der Waals surface area contributed by atoms with E-state index in [2.05, 4.69) is 4.98 Å². The fraction of sp³-hybridized carbons (Fsp3) is 0.100. The number of ether oxygens (including phenoxy) is 1. The largest absolute Gasteiger partial charge is 0.496 e. The molecule has 0 unspecified atom stereocenters. The molecule has 0 N–H and O–H groups in total. The number of rotatable bonds is 2. The van der Waals surface area contributed by atoms with Crippen LogP contribution in [0.5, 0.6) is 5.75 Å². The number of nitro groups is 1. The smallest absolute Gasteiger partial charge is 0.306 e. The summed E-state index contributed by atoms with van der Waals surface area (Å²) >= 11 is 11.9. The predicted molar refractivity (Wildman–Crippen MR) is 65.0 cm³/mol. The fourth-order valence-corrected chi connectivity index (χ4v) is 2.00. The Kier molecular flexibility index (Phi) is 3.04. The van der Waals surface area contributed by atoms with Crippen molar-refractivity contribution in [1.82, 2.24) is 4.98 Å². The molecule has 0 fully saturated rings. The summed E-state index contributed by atoms with van der Waals surface area (Å²) in [4.78, 5) is 14.1. The predicted octanol–water partition coefficient (Wildman–Crippen LogP) is 3.46. The number of fused-ring (bicyclic) bond motifs is 1. The lowest BCUT2D eigenvalue weighted by Crippen LogP contribution is -1.94. The maximum Gasteiger partial charge on any atom is 0.306 e. The molecule has 1 aromatic carbocycles. The van der Waals surface area contributed by atoms with Crippen molar-refractivity contribution < 1.29 is 9.66 Å². The molecule has 88 valence electrons. The van der Waals surface area contributed by atoms with E-state index >= 15 is 0 Å². The van der Waals surface area contributed by atoms with E-state index in [-0.39, 0.29) is 10.7 Å². The highest BCUT2D eigenvalue weighted by Crippen LogP contribution is 2.39. The van der Waals surface area contributed by atoms with Gasteiger partial charge in [-0.3, -0.25) is 10.1 Å². The Labute approximate surface area is 106 Å². The Balaban J connectivity index is 2.92. The molecular weight excluding hydrogens is 267 g/mol. The minimum atomic E-state index is -0.602. The van der Waals surface area contributed by atoms with Crippen LogP contribution < -0.4 is 4.74 Å². The lowest BCUT2D eigenvalue weighted by molar-refractivity contribution is -0.384. The zero-order chi connectivity index (χ0) is 12.6. The summed E-state index contributed by atoms with van der Waals surface area (Å²) in [6.45, 7) is 0. The van der Waals surface area contributed by atoms with Crippen molar-refractivity contribution in [3.8, 4) is 5.75 Å². The van der Waals surface area contributed by atoms with E-state index in [0.717, 1.165) is 6.20 Å². The van der Waals surface area contributed by atoms with Crippen LogP contribution >= 0.6 is 23.2 Å². The first-order valence-electron chi connectivity index (χ1n) is 4.51. The van der Waals surface area contributed by atoms with E-state index < -0.39 is 4.92 Å². The molecule has 17 heavy (non-hydrogen) atoms. The first-order valence-corrected chi connectivity index (χ1v) is 5.27. The van der Waals surface area contributed by atoms with Gasteiger partial charge in [-0.15, -0.1) is 0 Å². The molecule has 5 nitrogen and oxygen atoms in total. The molecule has 0 aliphatic rings. The zero-order valence-electron chi connectivity index (χ0n) is 8.61. The second-order valence-electron chi connectivity index (χ2n) is 3.19. The summed E-state index contributed by atoms with van der Waals surface area (Å²) in [5, 5.41) is 11.4. The van der Waals surface area contributed by atoms with Gasteiger partial charge < -0.3 is 4.74 Å². The van der Waals surface area contributed by atoms with E-state index in [1.807, 2.05) is 0 Å². The van der Waals surface area contributed by atoms with E-state index in [1.165, 1.54) is 7.11 Å². The minimum Gasteiger partial charge on any atom is -0.496 e. The van der Waals surface area contributed by atoms with Crippen molar-refractivity contribution in [2.45, 2.75) is 0 Å². The third-order valence-corrected chi connectivity index (χ3v) is 2.95. The molecule has 0 amide bonds. The minimum absolute atomic E-state index is 0.0284. The maximum atomic E-state index is 10.8. The number of halogens is 2. The number of pyridine rings is 1. The normalized spacial score (nSPS) is 10.5. The molecule has 0 saturated carbocycles. The van der Waals surface area contributed by atoms with Crippen LogP contribution in [0.25, 0.3) is 10.9 Å². The van der Waals surface area contributed by atoms with Crippen molar-refractivity contribution in [2.24, 2.45) is 0 Å². The van der Waals surface area contributed by atoms with Gasteiger partial charge in [-0.25, -0.2) is 4.98 Å². The lowest BCUT2D eigenvalue weighted by atomic mass is 10.2. The molecule has 2 aromatic rings. The van der Waals surface area contributed by atoms with Crippen molar-refractivity contribution in [3.05, 3.63) is 38.5 Å². The Morgan fingerprint density at radius 2 is 2.12 bits per heavy atom. The third kappa shape index (κ3) is 1.87. The molecule has 1 aromatic heterocycles. The van der Waals surface area contributed by atoms with Gasteiger partial charge >= 0.3 is 5.69 Å². The molecule has 2 rings (SSSR count). The molecular formula is C10H6Cl2N2O3. The molecule has 0 saturated heterocycles. The molecule has 1 heterocycles. The van der Waals surface area contributed by atoms with Crippen molar-refractivity contribution in [1.29, 1.82) is 0 Å². The highest BCUT2D eigenvalue weighted by molar-refractivity contribution is 6.41. The number of aromatic nitrogens is 1. The van der Waals surface area contributed by atoms with Crippen molar-refractivity contribution in [2.75, 3.05) is 7.11 Å². The van der Waals surface area contributed by atoms with Crippen LogP contribution in [-0.4, -0.2) is 17.0 Å². The van der Waals surface area contributed by atoms with E-state index in [9.17, 15) is 10.1 Å². The van der Waals surface area contributed by atoms with Gasteiger partial charge in [0, 0.05) is 0 Å². The van der Waals surface area contributed by atoms with Gasteiger partial charge in [-0.1, -0.05) is 23.2 Å². The van der Waals surface area contributed by atoms with Gasteiger partial charge in [0.2, 0.25) is 0 Å². The number of methoxy groups -OCH3 is 1. The summed E-state index contributed by atoms with van der Waals surface area (Å²) in [5.74, 6) is 0.394. The second-order valence-corrected chi connectivity index (χ2v) is 3.97. The SMILES string of the molecule is COc1ccc(Cl)c2ncc([N+](=O)[O-])c(Cl)c12. The Hall–Kier alpha value is -1.59. The third-order valence-electron chi connectivity index (χ3n) is 2.27. The summed E-state index contributed by atoms with van der Waals surface area (Å²) in [6.07, 6.45) is 1.08. The molecule has 0 atom stereocenters. The highest BCUT2D eigenvalue weighted by Gasteiger charge is 2.20. The maximum absolute atomic E-state index is 10.8. The topological polar surface area (TPSA) is 65.3 Å². The Bertz CT molecular complexity index is 616. The summed E-state index contributed by atoms with van der Waals surface area (Å²) in [7, 11) is 1.44. The van der Waals surface area contributed by atoms with Crippen LogP contribution in [0.2, 0.25) is 10.0 Å². The highest BCUT2D eigenvalue weighted by atomic mass is 35.5. The van der Waals surface area contributed by atoms with Gasteiger partial charge in [0.25, 0.3) is 0 Å². The van der Waals surface area contributed by atoms with Crippen molar-refractivity contribution in [3.63, 3.8) is 0 Å². The summed E-state index contributed by atoms with van der Waals surface area (Å²) in [5.41, 5.74) is 0.0985. The van der Waals surface area contributed by atoms with E-state index in [4.69, 9.17) is 27.9 Å². The number of nitrogens with zero attached hydrogens (tertiary/aromatic N) is 2. The Morgan fingerprint density at radius 1 is 1.41 bits per heavy atom. The molecule has 0 spiro atoms. The van der Waals surface area contributed by atoms with Crippen LogP contribution in [0, 0.1) is 10.1 Å². The van der Waals surface area contributed by atoms with Gasteiger partial charge in [-0.05, 0) is 12.1 Å². The quantitative estimate of drug-likeness (QED) is 0.620. The van der Waals surface area contributed by atoms with Gasteiger partial charge in [0.1, 0.15) is 17.0 Å². The molecule has 7 heteroatoms. The molecule has 0 aliphatic carbocycles. The van der Waals surface area contributed by atoms with Crippen LogP contribution in [0.4, 0.5) is 5.69 Å². The summed E-state index contributed by atoms with van der Waals surface area (Å²) in [6, 6.07) is 3.18. The monoisotopic (exact) mass is 272 g/mol. The Morgan fingerprint density at radius 3 is 2.71 bits per heavy atom. The van der Waals surface area contributed by atoms with Crippen LogP contribution in [0.1, 0.15) is 0 Å². The lowest BCUT2D eigenvalue weighted by Gasteiger charge is -2.07. The number of benzene rings is 1. The van der Waals surface area contributed by atoms with Gasteiger partial charge in [-0.2, -0.15) is 0 Å². The van der Waals surface area contributed by atoms with Crippen molar-refractivity contribution >= 4 is 39.8 Å². The molecule has 0 aliphatic heterocycles. The summed E-state index contributed by atoms with van der Waals surface area (Å²) < 4.78 is 5.09. The molecule has 0 radical (unpaired) electrons.